The molecule has 0 radical (unpaired) electrons. The number of allylic oxidation sites excluding steroid dienone is 1. The number of benzene rings is 2. The zero-order chi connectivity index (χ0) is 34.9. The van der Waals surface area contributed by atoms with E-state index in [1.165, 1.54) is 22.0 Å². The summed E-state index contributed by atoms with van der Waals surface area (Å²) >= 11 is 2.45. The van der Waals surface area contributed by atoms with Crippen molar-refractivity contribution in [3.63, 3.8) is 0 Å². The molecule has 12 nitrogen and oxygen atoms in total. The van der Waals surface area contributed by atoms with E-state index in [9.17, 15) is 19.2 Å². The Labute approximate surface area is 295 Å². The third kappa shape index (κ3) is 7.49. The SMILES string of the molecule is C#CCO/N=C(/C(=O)NC1C(=O)N2C(C(=O)OC(c3ccccc3)c3ccccc3)=C(/C=C/c3cccnc3)CS[C@H]12)c1csc(NC=O)n1. The topological polar surface area (TPSA) is 152 Å². The normalized spacial score (nSPS) is 17.1. The number of ether oxygens (including phenoxy) is 1. The minimum atomic E-state index is -1.01. The molecule has 1 saturated heterocycles. The van der Waals surface area contributed by atoms with Gasteiger partial charge in [-0.1, -0.05) is 90.0 Å². The maximum atomic E-state index is 14.2. The first kappa shape index (κ1) is 33.8. The van der Waals surface area contributed by atoms with Crippen LogP contribution in [0.3, 0.4) is 0 Å². The zero-order valence-electron chi connectivity index (χ0n) is 26.2. The molecule has 0 saturated carbocycles. The van der Waals surface area contributed by atoms with Crippen molar-refractivity contribution in [3.8, 4) is 12.3 Å². The third-order valence-electron chi connectivity index (χ3n) is 7.52. The molecule has 0 bridgehead atoms. The summed E-state index contributed by atoms with van der Waals surface area (Å²) in [6.07, 6.45) is 11.9. The Balaban J connectivity index is 1.29. The highest BCUT2D eigenvalue weighted by Gasteiger charge is 2.54. The number of pyridine rings is 1. The molecule has 14 heteroatoms. The van der Waals surface area contributed by atoms with Gasteiger partial charge < -0.3 is 20.2 Å². The second-order valence-electron chi connectivity index (χ2n) is 10.7. The first-order valence-electron chi connectivity index (χ1n) is 15.2. The number of aromatic nitrogens is 2. The number of thioether (sulfide) groups is 1. The fourth-order valence-corrected chi connectivity index (χ4v) is 7.20. The van der Waals surface area contributed by atoms with Crippen molar-refractivity contribution in [1.82, 2.24) is 20.2 Å². The first-order valence-corrected chi connectivity index (χ1v) is 17.1. The Bertz CT molecular complexity index is 1970. The van der Waals surface area contributed by atoms with E-state index in [2.05, 4.69) is 31.7 Å². The monoisotopic (exact) mass is 704 g/mol. The van der Waals surface area contributed by atoms with Crippen LogP contribution in [0.15, 0.2) is 113 Å². The Hall–Kier alpha value is -6.04. The van der Waals surface area contributed by atoms with Crippen molar-refractivity contribution >= 4 is 64.2 Å². The van der Waals surface area contributed by atoms with Gasteiger partial charge in [-0.2, -0.15) is 0 Å². The number of hydrogen-bond acceptors (Lipinski definition) is 11. The molecule has 50 heavy (non-hydrogen) atoms. The maximum absolute atomic E-state index is 14.2. The van der Waals surface area contributed by atoms with Gasteiger partial charge >= 0.3 is 5.97 Å². The van der Waals surface area contributed by atoms with Crippen molar-refractivity contribution in [1.29, 1.82) is 0 Å². The van der Waals surface area contributed by atoms with Crippen LogP contribution in [0.2, 0.25) is 0 Å². The summed E-state index contributed by atoms with van der Waals surface area (Å²) in [6, 6.07) is 21.3. The summed E-state index contributed by atoms with van der Waals surface area (Å²) in [5, 5.41) is 10.1. The number of carbonyl (C=O) groups is 4. The summed E-state index contributed by atoms with van der Waals surface area (Å²) in [5.41, 5.74) is 2.83. The van der Waals surface area contributed by atoms with E-state index in [1.807, 2.05) is 72.8 Å². The number of anilines is 1. The Morgan fingerprint density at radius 2 is 1.82 bits per heavy atom. The van der Waals surface area contributed by atoms with E-state index >= 15 is 0 Å². The summed E-state index contributed by atoms with van der Waals surface area (Å²) in [4.78, 5) is 67.3. The van der Waals surface area contributed by atoms with E-state index in [0.29, 0.717) is 17.7 Å². The molecule has 6 rings (SSSR count). The fraction of sp³-hybridized carbons (Fsp3) is 0.139. The summed E-state index contributed by atoms with van der Waals surface area (Å²) < 4.78 is 6.21. The lowest BCUT2D eigenvalue weighted by atomic mass is 10.00. The van der Waals surface area contributed by atoms with Crippen molar-refractivity contribution in [3.05, 3.63) is 130 Å². The maximum Gasteiger partial charge on any atom is 0.356 e. The van der Waals surface area contributed by atoms with Crippen LogP contribution >= 0.6 is 23.1 Å². The largest absolute Gasteiger partial charge is 0.448 e. The van der Waals surface area contributed by atoms with Crippen molar-refractivity contribution < 1.29 is 28.8 Å². The van der Waals surface area contributed by atoms with Crippen LogP contribution < -0.4 is 10.6 Å². The molecule has 2 atom stereocenters. The number of nitrogens with zero attached hydrogens (tertiary/aromatic N) is 4. The third-order valence-corrected chi connectivity index (χ3v) is 9.59. The van der Waals surface area contributed by atoms with Gasteiger partial charge in [-0.3, -0.25) is 24.3 Å². The predicted molar refractivity (Wildman–Crippen MR) is 189 cm³/mol. The van der Waals surface area contributed by atoms with Crippen molar-refractivity contribution in [2.75, 3.05) is 17.7 Å². The zero-order valence-corrected chi connectivity index (χ0v) is 27.8. The highest BCUT2D eigenvalue weighted by Crippen LogP contribution is 2.42. The van der Waals surface area contributed by atoms with Gasteiger partial charge in [0.15, 0.2) is 23.6 Å². The minimum Gasteiger partial charge on any atom is -0.448 e. The molecular formula is C36H28N6O6S2. The molecule has 2 aromatic carbocycles. The Morgan fingerprint density at radius 3 is 2.48 bits per heavy atom. The van der Waals surface area contributed by atoms with E-state index in [0.717, 1.165) is 28.0 Å². The number of thiazole rings is 1. The molecule has 1 fully saturated rings. The van der Waals surface area contributed by atoms with Crippen LogP contribution in [-0.4, -0.2) is 68.5 Å². The van der Waals surface area contributed by atoms with Crippen LogP contribution in [0.5, 0.6) is 0 Å². The predicted octanol–water partition coefficient (Wildman–Crippen LogP) is 4.16. The lowest BCUT2D eigenvalue weighted by Gasteiger charge is -2.49. The van der Waals surface area contributed by atoms with E-state index in [-0.39, 0.29) is 28.8 Å². The molecule has 0 aliphatic carbocycles. The minimum absolute atomic E-state index is 0.0802. The molecule has 2 aromatic heterocycles. The van der Waals surface area contributed by atoms with Gasteiger partial charge in [0.05, 0.1) is 0 Å². The molecule has 0 spiro atoms. The van der Waals surface area contributed by atoms with Gasteiger partial charge in [0.25, 0.3) is 11.8 Å². The van der Waals surface area contributed by atoms with Gasteiger partial charge in [-0.15, -0.1) is 29.5 Å². The van der Waals surface area contributed by atoms with Gasteiger partial charge in [0.2, 0.25) is 6.41 Å². The number of oxime groups is 1. The van der Waals surface area contributed by atoms with E-state index in [4.69, 9.17) is 16.0 Å². The van der Waals surface area contributed by atoms with Crippen LogP contribution in [0.4, 0.5) is 5.13 Å². The number of nitrogens with one attached hydrogen (secondary N) is 2. The summed E-state index contributed by atoms with van der Waals surface area (Å²) in [5.74, 6) is 0.628. The van der Waals surface area contributed by atoms with Gasteiger partial charge in [0.1, 0.15) is 22.8 Å². The molecular weight excluding hydrogens is 677 g/mol. The number of carbonyl (C=O) groups excluding carboxylic acids is 4. The first-order chi connectivity index (χ1) is 24.5. The quantitative estimate of drug-likeness (QED) is 0.0398. The molecule has 1 unspecified atom stereocenters. The number of amides is 3. The molecule has 2 N–H and O–H groups in total. The highest BCUT2D eigenvalue weighted by atomic mass is 32.2. The van der Waals surface area contributed by atoms with Gasteiger partial charge in [-0.05, 0) is 28.3 Å². The van der Waals surface area contributed by atoms with E-state index < -0.39 is 35.3 Å². The standard InChI is InChI=1S/C36H28N6O6S2/c1-2-18-47-41-28(27-21-50-36(39-27)38-22-43)32(44)40-29-33(45)42-30(26(20-49-34(29)42)16-15-23-10-9-17-37-19-23)35(46)48-31(24-11-5-3-6-12-24)25-13-7-4-8-14-25/h1,3-17,19,21-22,29,31,34H,18,20H2,(H,40,44)(H,38,39,43)/b16-15+,41-28+/t29?,34-/m1/s1. The second-order valence-corrected chi connectivity index (χ2v) is 12.6. The van der Waals surface area contributed by atoms with Crippen molar-refractivity contribution in [2.24, 2.45) is 5.16 Å². The van der Waals surface area contributed by atoms with Crippen LogP contribution in [-0.2, 0) is 28.8 Å². The lowest BCUT2D eigenvalue weighted by molar-refractivity contribution is -0.154. The Kier molecular flexibility index (Phi) is 10.8. The number of terminal acetylenes is 1. The molecule has 4 heterocycles. The number of fused-ring (bicyclic) bond motifs is 1. The summed E-state index contributed by atoms with van der Waals surface area (Å²) in [6.45, 7) is -0.215. The fourth-order valence-electron chi connectivity index (χ4n) is 5.23. The van der Waals surface area contributed by atoms with Crippen molar-refractivity contribution in [2.45, 2.75) is 17.5 Å². The smallest absolute Gasteiger partial charge is 0.356 e. The molecule has 250 valence electrons. The van der Waals surface area contributed by atoms with Gasteiger partial charge in [-0.25, -0.2) is 9.78 Å². The second kappa shape index (κ2) is 15.9. The molecule has 3 amide bonds. The molecule has 2 aliphatic heterocycles. The number of hydrogen-bond donors (Lipinski definition) is 2. The summed E-state index contributed by atoms with van der Waals surface area (Å²) in [7, 11) is 0. The number of esters is 1. The number of β-lactam (4-membered cyclic amide) rings is 1. The van der Waals surface area contributed by atoms with Crippen LogP contribution in [0.25, 0.3) is 6.08 Å². The molecule has 2 aliphatic rings. The molecule has 4 aromatic rings. The van der Waals surface area contributed by atoms with Crippen LogP contribution in [0, 0.1) is 12.3 Å². The number of rotatable bonds is 13. The highest BCUT2D eigenvalue weighted by molar-refractivity contribution is 8.00. The van der Waals surface area contributed by atoms with Crippen LogP contribution in [0.1, 0.15) is 28.5 Å². The van der Waals surface area contributed by atoms with E-state index in [1.54, 1.807) is 24.5 Å². The average Bonchev–Trinajstić information content (AvgIpc) is 3.62. The Morgan fingerprint density at radius 1 is 1.08 bits per heavy atom. The lowest BCUT2D eigenvalue weighted by Crippen LogP contribution is -2.71. The van der Waals surface area contributed by atoms with Gasteiger partial charge in [0, 0.05) is 23.5 Å². The average molecular weight is 705 g/mol.